The molecule has 3 aliphatic heterocycles. The number of nitrogens with one attached hydrogen (secondary N) is 4. The second kappa shape index (κ2) is 16.6. The number of fused-ring (bicyclic) bond motifs is 2. The number of likely N-dealkylation sites (tertiary alicyclic amines) is 2. The van der Waals surface area contributed by atoms with Crippen molar-refractivity contribution in [3.63, 3.8) is 0 Å². The van der Waals surface area contributed by atoms with Crippen LogP contribution >= 0.6 is 0 Å². The van der Waals surface area contributed by atoms with Gasteiger partial charge in [0, 0.05) is 29.8 Å². The van der Waals surface area contributed by atoms with E-state index in [1.807, 2.05) is 64.1 Å². The van der Waals surface area contributed by atoms with Gasteiger partial charge in [-0.2, -0.15) is 0 Å². The molecular weight excluding hydrogens is 732 g/mol. The smallest absolute Gasteiger partial charge is 0.407 e. The second-order valence-corrected chi connectivity index (χ2v) is 15.3. The summed E-state index contributed by atoms with van der Waals surface area (Å²) >= 11 is 0. The van der Waals surface area contributed by atoms with Crippen LogP contribution in [0.4, 0.5) is 9.59 Å². The molecule has 0 spiro atoms. The number of rotatable bonds is 10. The van der Waals surface area contributed by atoms with Crippen molar-refractivity contribution < 1.29 is 38.1 Å². The molecule has 3 aliphatic rings. The summed E-state index contributed by atoms with van der Waals surface area (Å²) in [4.78, 5) is 71.0. The van der Waals surface area contributed by atoms with Crippen LogP contribution in [0.1, 0.15) is 82.7 Å². The summed E-state index contributed by atoms with van der Waals surface area (Å²) in [6.07, 6.45) is 5.38. The van der Waals surface area contributed by atoms with Gasteiger partial charge in [0.15, 0.2) is 11.5 Å². The fraction of sp³-hybridized carbons (Fsp3) is 0.463. The maximum Gasteiger partial charge on any atom is 0.407 e. The zero-order valence-electron chi connectivity index (χ0n) is 33.1. The van der Waals surface area contributed by atoms with Gasteiger partial charge in [0.05, 0.1) is 50.1 Å². The Morgan fingerprint density at radius 1 is 0.719 bits per heavy atom. The van der Waals surface area contributed by atoms with E-state index in [2.05, 4.69) is 30.6 Å². The van der Waals surface area contributed by atoms with E-state index in [-0.39, 0.29) is 42.3 Å². The molecule has 4 amide bonds. The summed E-state index contributed by atoms with van der Waals surface area (Å²) in [7, 11) is 2.56. The minimum atomic E-state index is -0.714. The quantitative estimate of drug-likeness (QED) is 0.143. The second-order valence-electron chi connectivity index (χ2n) is 15.3. The minimum Gasteiger partial charge on any atom is -0.485 e. The lowest BCUT2D eigenvalue weighted by Crippen LogP contribution is -2.51. The van der Waals surface area contributed by atoms with Crippen molar-refractivity contribution in [3.05, 3.63) is 66.0 Å². The molecule has 16 nitrogen and oxygen atoms in total. The van der Waals surface area contributed by atoms with Gasteiger partial charge in [-0.1, -0.05) is 27.7 Å². The highest BCUT2D eigenvalue weighted by atomic mass is 16.5. The third-order valence-corrected chi connectivity index (χ3v) is 10.9. The molecule has 2 saturated heterocycles. The number of alkyl carbamates (subject to hydrolysis) is 2. The van der Waals surface area contributed by atoms with Crippen molar-refractivity contribution in [2.45, 2.75) is 84.2 Å². The van der Waals surface area contributed by atoms with E-state index < -0.39 is 24.3 Å². The first-order valence-electron chi connectivity index (χ1n) is 19.4. The van der Waals surface area contributed by atoms with Gasteiger partial charge in [0.1, 0.15) is 36.1 Å². The van der Waals surface area contributed by atoms with Gasteiger partial charge in [-0.25, -0.2) is 19.6 Å². The van der Waals surface area contributed by atoms with Crippen LogP contribution < -0.4 is 20.1 Å². The Hall–Kier alpha value is -6.06. The third kappa shape index (κ3) is 8.11. The fourth-order valence-corrected chi connectivity index (χ4v) is 7.80. The number of carbonyl (C=O) groups excluding carboxylic acids is 4. The van der Waals surface area contributed by atoms with E-state index >= 15 is 0 Å². The van der Waals surface area contributed by atoms with Gasteiger partial charge < -0.3 is 49.3 Å². The highest BCUT2D eigenvalue weighted by Crippen LogP contribution is 2.42. The zero-order chi connectivity index (χ0) is 40.4. The minimum absolute atomic E-state index is 0.125. The van der Waals surface area contributed by atoms with Crippen molar-refractivity contribution in [1.29, 1.82) is 0 Å². The summed E-state index contributed by atoms with van der Waals surface area (Å²) in [5, 5.41) is 5.38. The Bertz CT molecular complexity index is 1980. The largest absolute Gasteiger partial charge is 0.485 e. The number of amides is 4. The van der Waals surface area contributed by atoms with E-state index in [0.29, 0.717) is 42.0 Å². The molecule has 0 bridgehead atoms. The van der Waals surface area contributed by atoms with Gasteiger partial charge >= 0.3 is 12.2 Å². The Morgan fingerprint density at radius 3 is 1.70 bits per heavy atom. The Balaban J connectivity index is 1.03. The summed E-state index contributed by atoms with van der Waals surface area (Å²) in [6, 6.07) is 9.66. The number of aromatic amines is 2. The maximum atomic E-state index is 13.6. The van der Waals surface area contributed by atoms with Crippen molar-refractivity contribution in [3.8, 4) is 39.8 Å². The van der Waals surface area contributed by atoms with Crippen molar-refractivity contribution in [2.24, 2.45) is 11.8 Å². The van der Waals surface area contributed by atoms with Gasteiger partial charge in [-0.05, 0) is 73.9 Å². The average molecular weight is 783 g/mol. The molecule has 4 aromatic rings. The van der Waals surface area contributed by atoms with Crippen LogP contribution in [-0.2, 0) is 25.7 Å². The number of hydrogen-bond donors (Lipinski definition) is 4. The standard InChI is InChI=1S/C41H50N8O8/c1-22(2)34(46-40(52)54-5)38(50)48-15-7-9-29(48)36-42-19-27(44-36)24-11-13-31-26(17-24)21-56-33-18-25(12-14-32(33)57-31)28-20-43-37(45-28)30-10-8-16-49(30)39(51)35(23(3)4)47-41(53)55-6/h11-14,17-20,22-23,29-30,34-35H,7-10,15-16,21H2,1-6H3,(H,42,44)(H,43,45)(H,46,52)(H,47,53). The SMILES string of the molecule is COC(=O)NC(C(=O)N1CCCC1c1ncc(-c2ccc3c(c2)COc2cc(-c4cnc(C5CCCN5C(=O)C(NC(=O)OC)C(C)C)[nH]4)ccc2O3)[nH]1)C(C)C. The predicted octanol–water partition coefficient (Wildman–Crippen LogP) is 6.24. The number of imidazole rings is 2. The third-order valence-electron chi connectivity index (χ3n) is 10.9. The molecule has 0 aliphatic carbocycles. The van der Waals surface area contributed by atoms with Crippen LogP contribution in [0.15, 0.2) is 48.8 Å². The molecule has 5 heterocycles. The highest BCUT2D eigenvalue weighted by molar-refractivity contribution is 5.87. The maximum absolute atomic E-state index is 13.6. The fourth-order valence-electron chi connectivity index (χ4n) is 7.80. The number of methoxy groups -OCH3 is 2. The Morgan fingerprint density at radius 2 is 1.21 bits per heavy atom. The summed E-state index contributed by atoms with van der Waals surface area (Å²) in [5.74, 6) is 2.60. The number of ether oxygens (including phenoxy) is 4. The number of H-pyrrole nitrogens is 2. The number of carbonyl (C=O) groups is 4. The van der Waals surface area contributed by atoms with E-state index in [0.717, 1.165) is 53.8 Å². The molecular formula is C41H50N8O8. The number of aromatic nitrogens is 4. The van der Waals surface area contributed by atoms with Crippen molar-refractivity contribution in [2.75, 3.05) is 27.3 Å². The summed E-state index contributed by atoms with van der Waals surface area (Å²) in [5.41, 5.74) is 4.14. The van der Waals surface area contributed by atoms with Crippen LogP contribution in [0.3, 0.4) is 0 Å². The summed E-state index contributed by atoms with van der Waals surface area (Å²) in [6.45, 7) is 8.96. The van der Waals surface area contributed by atoms with E-state index in [1.54, 1.807) is 22.2 Å². The number of benzene rings is 2. The molecule has 2 fully saturated rings. The molecule has 0 radical (unpaired) electrons. The molecule has 2 aromatic heterocycles. The normalized spacial score (nSPS) is 18.5. The Labute approximate surface area is 331 Å². The molecule has 0 saturated carbocycles. The topological polar surface area (TPSA) is 193 Å². The lowest BCUT2D eigenvalue weighted by Gasteiger charge is -2.30. The molecule has 57 heavy (non-hydrogen) atoms. The molecule has 302 valence electrons. The zero-order valence-corrected chi connectivity index (χ0v) is 33.1. The molecule has 16 heteroatoms. The van der Waals surface area contributed by atoms with E-state index in [4.69, 9.17) is 18.9 Å². The van der Waals surface area contributed by atoms with Gasteiger partial charge in [0.25, 0.3) is 0 Å². The summed E-state index contributed by atoms with van der Waals surface area (Å²) < 4.78 is 22.2. The first-order chi connectivity index (χ1) is 27.4. The first kappa shape index (κ1) is 39.2. The Kier molecular flexibility index (Phi) is 11.4. The monoisotopic (exact) mass is 782 g/mol. The number of nitrogens with zero attached hydrogens (tertiary/aromatic N) is 4. The first-order valence-corrected chi connectivity index (χ1v) is 19.4. The lowest BCUT2D eigenvalue weighted by atomic mass is 10.0. The van der Waals surface area contributed by atoms with Crippen LogP contribution in [0.2, 0.25) is 0 Å². The van der Waals surface area contributed by atoms with Crippen molar-refractivity contribution in [1.82, 2.24) is 40.4 Å². The average Bonchev–Trinajstić information content (AvgIpc) is 4.04. The molecule has 4 N–H and O–H groups in total. The number of hydrogen-bond acceptors (Lipinski definition) is 10. The van der Waals surface area contributed by atoms with Crippen LogP contribution in [-0.4, -0.2) is 93.1 Å². The van der Waals surface area contributed by atoms with Crippen LogP contribution in [0, 0.1) is 11.8 Å². The highest BCUT2D eigenvalue weighted by Gasteiger charge is 2.39. The van der Waals surface area contributed by atoms with Gasteiger partial charge in [-0.15, -0.1) is 0 Å². The molecule has 4 unspecified atom stereocenters. The van der Waals surface area contributed by atoms with E-state index in [1.165, 1.54) is 14.2 Å². The van der Waals surface area contributed by atoms with Gasteiger partial charge in [0.2, 0.25) is 11.8 Å². The van der Waals surface area contributed by atoms with Crippen LogP contribution in [0.5, 0.6) is 17.2 Å². The van der Waals surface area contributed by atoms with Gasteiger partial charge in [-0.3, -0.25) is 9.59 Å². The molecule has 7 rings (SSSR count). The lowest BCUT2D eigenvalue weighted by molar-refractivity contribution is -0.136. The molecule has 4 atom stereocenters. The molecule has 2 aromatic carbocycles. The van der Waals surface area contributed by atoms with E-state index in [9.17, 15) is 19.2 Å². The van der Waals surface area contributed by atoms with Crippen LogP contribution in [0.25, 0.3) is 22.5 Å². The van der Waals surface area contributed by atoms with Crippen molar-refractivity contribution >= 4 is 24.0 Å². The predicted molar refractivity (Wildman–Crippen MR) is 208 cm³/mol.